The third-order valence-corrected chi connectivity index (χ3v) is 4.24. The summed E-state index contributed by atoms with van der Waals surface area (Å²) in [6.07, 6.45) is 0.311. The first-order chi connectivity index (χ1) is 13.5. The van der Waals surface area contributed by atoms with E-state index in [1.54, 1.807) is 25.1 Å². The summed E-state index contributed by atoms with van der Waals surface area (Å²) in [5.41, 5.74) is 1.38. The fraction of sp³-hybridized carbons (Fsp3) is 0.150. The van der Waals surface area contributed by atoms with Gasteiger partial charge in [0.05, 0.1) is 17.8 Å². The Morgan fingerprint density at radius 1 is 1.11 bits per heavy atom. The number of carbonyl (C=O) groups excluding carboxylic acids is 2. The van der Waals surface area contributed by atoms with E-state index in [4.69, 9.17) is 16.3 Å². The molecule has 0 atom stereocenters. The molecule has 0 aliphatic heterocycles. The van der Waals surface area contributed by atoms with Crippen LogP contribution < -0.4 is 15.4 Å². The molecule has 0 aliphatic rings. The van der Waals surface area contributed by atoms with Crippen molar-refractivity contribution in [3.63, 3.8) is 0 Å². The zero-order valence-corrected chi connectivity index (χ0v) is 16.2. The Balaban J connectivity index is 1.89. The predicted octanol–water partition coefficient (Wildman–Crippen LogP) is 4.14. The van der Waals surface area contributed by atoms with Gasteiger partial charge >= 0.3 is 0 Å². The predicted molar refractivity (Wildman–Crippen MR) is 108 cm³/mol. The number of rotatable bonds is 6. The van der Waals surface area contributed by atoms with Crippen molar-refractivity contribution in [2.24, 2.45) is 0 Å². The van der Waals surface area contributed by atoms with Crippen LogP contribution in [0.2, 0.25) is 5.02 Å². The first-order valence-electron chi connectivity index (χ1n) is 8.62. The fourth-order valence-electron chi connectivity index (χ4n) is 2.52. The van der Waals surface area contributed by atoms with Gasteiger partial charge in [0.25, 0.3) is 5.91 Å². The molecule has 3 aromatic rings. The molecule has 2 amide bonds. The molecule has 8 heteroatoms. The van der Waals surface area contributed by atoms with Crippen LogP contribution in [0.4, 0.5) is 11.5 Å². The average Bonchev–Trinajstić information content (AvgIpc) is 3.12. The summed E-state index contributed by atoms with van der Waals surface area (Å²) < 4.78 is 6.62. The number of amides is 2. The van der Waals surface area contributed by atoms with Gasteiger partial charge in [-0.1, -0.05) is 36.7 Å². The molecule has 2 aromatic carbocycles. The number of nitrogens with zero attached hydrogens (tertiary/aromatic N) is 2. The van der Waals surface area contributed by atoms with Crippen molar-refractivity contribution in [1.29, 1.82) is 0 Å². The maximum atomic E-state index is 12.7. The SMILES string of the molecule is CCC(=O)Nc1cc(C(=O)Nc2ccc(OC)c(Cl)c2)nn1-c1ccccc1. The third-order valence-electron chi connectivity index (χ3n) is 3.94. The van der Waals surface area contributed by atoms with Crippen LogP contribution in [0.3, 0.4) is 0 Å². The Morgan fingerprint density at radius 2 is 1.86 bits per heavy atom. The van der Waals surface area contributed by atoms with Gasteiger partial charge in [-0.05, 0) is 30.3 Å². The number of carbonyl (C=O) groups is 2. The van der Waals surface area contributed by atoms with Crippen LogP contribution in [0.1, 0.15) is 23.8 Å². The van der Waals surface area contributed by atoms with Crippen molar-refractivity contribution in [3.05, 3.63) is 65.3 Å². The highest BCUT2D eigenvalue weighted by Gasteiger charge is 2.17. The molecular weight excluding hydrogens is 380 g/mol. The molecule has 0 radical (unpaired) electrons. The molecule has 3 rings (SSSR count). The highest BCUT2D eigenvalue weighted by molar-refractivity contribution is 6.32. The Hall–Kier alpha value is -3.32. The van der Waals surface area contributed by atoms with Crippen molar-refractivity contribution in [3.8, 4) is 11.4 Å². The molecule has 0 bridgehead atoms. The van der Waals surface area contributed by atoms with Crippen molar-refractivity contribution >= 4 is 34.9 Å². The Morgan fingerprint density at radius 3 is 2.50 bits per heavy atom. The standard InChI is InChI=1S/C20H19ClN4O3/c1-3-19(26)23-18-12-16(24-25(18)14-7-5-4-6-8-14)20(27)22-13-9-10-17(28-2)15(21)11-13/h4-12H,3H2,1-2H3,(H,22,27)(H,23,26). The maximum Gasteiger partial charge on any atom is 0.276 e. The van der Waals surface area contributed by atoms with E-state index in [9.17, 15) is 9.59 Å². The Labute approximate surface area is 167 Å². The van der Waals surface area contributed by atoms with E-state index in [0.29, 0.717) is 28.7 Å². The monoisotopic (exact) mass is 398 g/mol. The van der Waals surface area contributed by atoms with E-state index in [1.807, 2.05) is 30.3 Å². The van der Waals surface area contributed by atoms with Gasteiger partial charge in [0.1, 0.15) is 11.6 Å². The number of aromatic nitrogens is 2. The molecule has 0 saturated carbocycles. The molecule has 2 N–H and O–H groups in total. The van der Waals surface area contributed by atoms with Crippen LogP contribution in [0, 0.1) is 0 Å². The number of anilines is 2. The van der Waals surface area contributed by atoms with Gasteiger partial charge in [0.15, 0.2) is 5.69 Å². The summed E-state index contributed by atoms with van der Waals surface area (Å²) in [6.45, 7) is 1.75. The Kier molecular flexibility index (Phi) is 5.96. The van der Waals surface area contributed by atoms with E-state index in [1.165, 1.54) is 17.9 Å². The molecule has 28 heavy (non-hydrogen) atoms. The first kappa shape index (κ1) is 19.4. The van der Waals surface area contributed by atoms with Crippen LogP contribution in [0.25, 0.3) is 5.69 Å². The zero-order chi connectivity index (χ0) is 20.1. The molecule has 0 unspecified atom stereocenters. The van der Waals surface area contributed by atoms with Gasteiger partial charge in [-0.25, -0.2) is 4.68 Å². The molecule has 1 aromatic heterocycles. The number of hydrogen-bond acceptors (Lipinski definition) is 4. The number of benzene rings is 2. The van der Waals surface area contributed by atoms with Crippen LogP contribution in [-0.2, 0) is 4.79 Å². The van der Waals surface area contributed by atoms with Crippen molar-refractivity contribution in [2.45, 2.75) is 13.3 Å². The second kappa shape index (κ2) is 8.58. The van der Waals surface area contributed by atoms with Gasteiger partial charge < -0.3 is 15.4 Å². The number of halogens is 1. The van der Waals surface area contributed by atoms with Gasteiger partial charge in [0, 0.05) is 18.2 Å². The molecule has 0 spiro atoms. The highest BCUT2D eigenvalue weighted by Crippen LogP contribution is 2.27. The van der Waals surface area contributed by atoms with Gasteiger partial charge in [-0.3, -0.25) is 9.59 Å². The number of para-hydroxylation sites is 1. The first-order valence-corrected chi connectivity index (χ1v) is 9.00. The largest absolute Gasteiger partial charge is 0.495 e. The van der Waals surface area contributed by atoms with Crippen LogP contribution in [0.5, 0.6) is 5.75 Å². The van der Waals surface area contributed by atoms with Crippen molar-refractivity contribution in [1.82, 2.24) is 9.78 Å². The van der Waals surface area contributed by atoms with E-state index < -0.39 is 5.91 Å². The Bertz CT molecular complexity index is 1000. The summed E-state index contributed by atoms with van der Waals surface area (Å²) >= 11 is 6.10. The number of methoxy groups -OCH3 is 1. The lowest BCUT2D eigenvalue weighted by Gasteiger charge is -2.07. The molecule has 1 heterocycles. The van der Waals surface area contributed by atoms with E-state index in [-0.39, 0.29) is 11.6 Å². The maximum absolute atomic E-state index is 12.7. The van der Waals surface area contributed by atoms with Gasteiger partial charge in [0.2, 0.25) is 5.91 Å². The normalized spacial score (nSPS) is 10.4. The summed E-state index contributed by atoms with van der Waals surface area (Å²) in [5, 5.41) is 10.2. The number of nitrogens with one attached hydrogen (secondary N) is 2. The van der Waals surface area contributed by atoms with Crippen molar-refractivity contribution in [2.75, 3.05) is 17.7 Å². The zero-order valence-electron chi connectivity index (χ0n) is 15.4. The lowest BCUT2D eigenvalue weighted by molar-refractivity contribution is -0.115. The lowest BCUT2D eigenvalue weighted by Crippen LogP contribution is -2.14. The van der Waals surface area contributed by atoms with Crippen LogP contribution >= 0.6 is 11.6 Å². The summed E-state index contributed by atoms with van der Waals surface area (Å²) in [4.78, 5) is 24.5. The lowest BCUT2D eigenvalue weighted by atomic mass is 10.3. The molecule has 7 nitrogen and oxygen atoms in total. The summed E-state index contributed by atoms with van der Waals surface area (Å²) in [5.74, 6) is 0.322. The highest BCUT2D eigenvalue weighted by atomic mass is 35.5. The molecule has 144 valence electrons. The topological polar surface area (TPSA) is 85.2 Å². The second-order valence-electron chi connectivity index (χ2n) is 5.87. The van der Waals surface area contributed by atoms with Crippen molar-refractivity contribution < 1.29 is 14.3 Å². The number of hydrogen-bond donors (Lipinski definition) is 2. The van der Waals surface area contributed by atoms with Crippen LogP contribution in [-0.4, -0.2) is 28.7 Å². The van der Waals surface area contributed by atoms with E-state index in [0.717, 1.165) is 5.69 Å². The minimum atomic E-state index is -0.428. The fourth-order valence-corrected chi connectivity index (χ4v) is 2.78. The summed E-state index contributed by atoms with van der Waals surface area (Å²) in [7, 11) is 1.52. The molecule has 0 fully saturated rings. The minimum absolute atomic E-state index is 0.155. The second-order valence-corrected chi connectivity index (χ2v) is 6.27. The molecule has 0 saturated heterocycles. The molecule has 0 aliphatic carbocycles. The van der Waals surface area contributed by atoms with E-state index in [2.05, 4.69) is 15.7 Å². The quantitative estimate of drug-likeness (QED) is 0.653. The van der Waals surface area contributed by atoms with E-state index >= 15 is 0 Å². The van der Waals surface area contributed by atoms with Gasteiger partial charge in [-0.2, -0.15) is 5.10 Å². The third kappa shape index (κ3) is 4.32. The average molecular weight is 399 g/mol. The summed E-state index contributed by atoms with van der Waals surface area (Å²) in [6, 6.07) is 15.7. The van der Waals surface area contributed by atoms with Gasteiger partial charge in [-0.15, -0.1) is 0 Å². The number of ether oxygens (including phenoxy) is 1. The minimum Gasteiger partial charge on any atom is -0.495 e. The van der Waals surface area contributed by atoms with Crippen LogP contribution in [0.15, 0.2) is 54.6 Å². The molecular formula is C20H19ClN4O3. The smallest absolute Gasteiger partial charge is 0.276 e.